The quantitative estimate of drug-likeness (QED) is 0.598. The Bertz CT molecular complexity index is 1070. The normalized spacial score (nSPS) is 13.8. The first-order valence-electron chi connectivity index (χ1n) is 9.85. The van der Waals surface area contributed by atoms with Crippen LogP contribution in [0.2, 0.25) is 0 Å². The number of aromatic nitrogens is 3. The van der Waals surface area contributed by atoms with Crippen molar-refractivity contribution in [1.29, 1.82) is 0 Å². The largest absolute Gasteiger partial charge is 0.367 e. The van der Waals surface area contributed by atoms with Crippen LogP contribution in [0.15, 0.2) is 60.0 Å². The van der Waals surface area contributed by atoms with Crippen LogP contribution in [0.5, 0.6) is 0 Å². The Balaban J connectivity index is 1.52. The molecule has 0 saturated carbocycles. The third-order valence-corrected chi connectivity index (χ3v) is 7.42. The van der Waals surface area contributed by atoms with Crippen molar-refractivity contribution in [3.63, 3.8) is 0 Å². The summed E-state index contributed by atoms with van der Waals surface area (Å²) in [6.07, 6.45) is 4.05. The van der Waals surface area contributed by atoms with Gasteiger partial charge in [-0.2, -0.15) is 9.40 Å². The van der Waals surface area contributed by atoms with Crippen molar-refractivity contribution in [1.82, 2.24) is 19.1 Å². The first-order valence-corrected chi connectivity index (χ1v) is 11.3. The number of anilines is 1. The van der Waals surface area contributed by atoms with Gasteiger partial charge in [0.05, 0.1) is 10.6 Å². The molecule has 29 heavy (non-hydrogen) atoms. The van der Waals surface area contributed by atoms with Crippen LogP contribution in [0, 0.1) is 0 Å². The van der Waals surface area contributed by atoms with Crippen LogP contribution in [-0.2, 0) is 23.0 Å². The van der Waals surface area contributed by atoms with E-state index in [4.69, 9.17) is 0 Å². The summed E-state index contributed by atoms with van der Waals surface area (Å²) in [4.78, 5) is 6.66. The van der Waals surface area contributed by atoms with Crippen LogP contribution < -0.4 is 4.90 Å². The molecule has 0 radical (unpaired) electrons. The minimum Gasteiger partial charge on any atom is -0.367 e. The van der Waals surface area contributed by atoms with Crippen molar-refractivity contribution in [3.8, 4) is 5.69 Å². The number of benzene rings is 2. The van der Waals surface area contributed by atoms with E-state index in [2.05, 4.69) is 27.1 Å². The summed E-state index contributed by atoms with van der Waals surface area (Å²) in [6.45, 7) is 6.36. The molecule has 1 aliphatic rings. The van der Waals surface area contributed by atoms with Gasteiger partial charge in [0.1, 0.15) is 12.7 Å². The van der Waals surface area contributed by atoms with E-state index >= 15 is 0 Å². The lowest BCUT2D eigenvalue weighted by atomic mass is 10.1. The van der Waals surface area contributed by atoms with Gasteiger partial charge in [-0.3, -0.25) is 0 Å². The third-order valence-electron chi connectivity index (χ3n) is 5.38. The van der Waals surface area contributed by atoms with E-state index in [0.29, 0.717) is 18.0 Å². The molecule has 1 aliphatic heterocycles. The summed E-state index contributed by atoms with van der Waals surface area (Å²) in [5.41, 5.74) is 4.38. The number of fused-ring (bicyclic) bond motifs is 1. The second kappa shape index (κ2) is 7.96. The number of hydrogen-bond acceptors (Lipinski definition) is 5. The molecular formula is C21H25N5O2S. The van der Waals surface area contributed by atoms with Gasteiger partial charge in [0, 0.05) is 31.9 Å². The van der Waals surface area contributed by atoms with Crippen molar-refractivity contribution >= 4 is 15.7 Å². The fourth-order valence-corrected chi connectivity index (χ4v) is 5.31. The molecule has 0 bridgehead atoms. The molecule has 3 aromatic rings. The maximum absolute atomic E-state index is 12.8. The molecule has 4 rings (SSSR count). The molecule has 0 fully saturated rings. The lowest BCUT2D eigenvalue weighted by Crippen LogP contribution is -2.30. The second-order valence-electron chi connectivity index (χ2n) is 7.06. The molecule has 0 atom stereocenters. The van der Waals surface area contributed by atoms with E-state index in [-0.39, 0.29) is 0 Å². The molecule has 2 aromatic carbocycles. The molecule has 0 amide bonds. The minimum atomic E-state index is -3.42. The Morgan fingerprint density at radius 2 is 1.83 bits per heavy atom. The maximum atomic E-state index is 12.8. The summed E-state index contributed by atoms with van der Waals surface area (Å²) in [5, 5.41) is 4.14. The summed E-state index contributed by atoms with van der Waals surface area (Å²) < 4.78 is 28.8. The molecule has 0 unspecified atom stereocenters. The molecule has 8 heteroatoms. The maximum Gasteiger partial charge on any atom is 0.243 e. The highest BCUT2D eigenvalue weighted by atomic mass is 32.2. The topological polar surface area (TPSA) is 71.3 Å². The average Bonchev–Trinajstić information content (AvgIpc) is 3.39. The van der Waals surface area contributed by atoms with Gasteiger partial charge < -0.3 is 4.90 Å². The standard InChI is InChI=1S/C21H25N5O2S/c1-3-25(4-2)29(27,28)20-9-10-21-18(13-20)11-12-24(21)14-17-5-7-19(8-6-17)26-16-22-15-23-26/h5-10,13,15-16H,3-4,11-12,14H2,1-2H3. The SMILES string of the molecule is CCN(CC)S(=O)(=O)c1ccc2c(c1)CCN2Cc1ccc(-n2cncn2)cc1. The number of nitrogens with zero attached hydrogens (tertiary/aromatic N) is 5. The van der Waals surface area contributed by atoms with E-state index in [1.165, 1.54) is 16.2 Å². The van der Waals surface area contributed by atoms with Gasteiger partial charge in [0.15, 0.2) is 0 Å². The molecule has 152 valence electrons. The lowest BCUT2D eigenvalue weighted by molar-refractivity contribution is 0.445. The first-order chi connectivity index (χ1) is 14.0. The summed E-state index contributed by atoms with van der Waals surface area (Å²) >= 11 is 0. The Hall–Kier alpha value is -2.71. The van der Waals surface area contributed by atoms with E-state index in [1.807, 2.05) is 38.1 Å². The highest BCUT2D eigenvalue weighted by Crippen LogP contribution is 2.32. The summed E-state index contributed by atoms with van der Waals surface area (Å²) in [6, 6.07) is 13.8. The van der Waals surface area contributed by atoms with E-state index in [1.54, 1.807) is 17.1 Å². The van der Waals surface area contributed by atoms with E-state index in [9.17, 15) is 8.42 Å². The monoisotopic (exact) mass is 411 g/mol. The summed E-state index contributed by atoms with van der Waals surface area (Å²) in [7, 11) is -3.42. The lowest BCUT2D eigenvalue weighted by Gasteiger charge is -2.21. The van der Waals surface area contributed by atoms with Crippen molar-refractivity contribution in [3.05, 3.63) is 66.2 Å². The number of rotatable bonds is 7. The Morgan fingerprint density at radius 1 is 1.07 bits per heavy atom. The highest BCUT2D eigenvalue weighted by molar-refractivity contribution is 7.89. The van der Waals surface area contributed by atoms with Crippen LogP contribution >= 0.6 is 0 Å². The van der Waals surface area contributed by atoms with Gasteiger partial charge in [-0.05, 0) is 47.9 Å². The smallest absolute Gasteiger partial charge is 0.243 e. The Labute approximate surface area is 171 Å². The van der Waals surface area contributed by atoms with E-state index in [0.717, 1.165) is 36.4 Å². The fraction of sp³-hybridized carbons (Fsp3) is 0.333. The van der Waals surface area contributed by atoms with Gasteiger partial charge in [-0.15, -0.1) is 0 Å². The Kier molecular flexibility index (Phi) is 5.38. The highest BCUT2D eigenvalue weighted by Gasteiger charge is 2.25. The molecule has 2 heterocycles. The van der Waals surface area contributed by atoms with Crippen molar-refractivity contribution < 1.29 is 8.42 Å². The predicted octanol–water partition coefficient (Wildman–Crippen LogP) is 2.86. The molecule has 0 spiro atoms. The zero-order chi connectivity index (χ0) is 20.4. The van der Waals surface area contributed by atoms with E-state index < -0.39 is 10.0 Å². The molecule has 0 N–H and O–H groups in total. The van der Waals surface area contributed by atoms with Gasteiger partial charge in [-0.1, -0.05) is 26.0 Å². The van der Waals surface area contributed by atoms with Crippen molar-refractivity contribution in [2.24, 2.45) is 0 Å². The van der Waals surface area contributed by atoms with Crippen LogP contribution in [0.25, 0.3) is 5.69 Å². The number of hydrogen-bond donors (Lipinski definition) is 0. The van der Waals surface area contributed by atoms with Gasteiger partial charge in [-0.25, -0.2) is 18.1 Å². The van der Waals surface area contributed by atoms with Crippen molar-refractivity contribution in [2.75, 3.05) is 24.5 Å². The molecule has 1 aromatic heterocycles. The third kappa shape index (κ3) is 3.77. The minimum absolute atomic E-state index is 0.388. The van der Waals surface area contributed by atoms with Crippen molar-refractivity contribution in [2.45, 2.75) is 31.7 Å². The molecular weight excluding hydrogens is 386 g/mol. The first kappa shape index (κ1) is 19.6. The fourth-order valence-electron chi connectivity index (χ4n) is 3.80. The van der Waals surface area contributed by atoms with Gasteiger partial charge in [0.2, 0.25) is 10.0 Å². The van der Waals surface area contributed by atoms with Gasteiger partial charge in [0.25, 0.3) is 0 Å². The summed E-state index contributed by atoms with van der Waals surface area (Å²) in [5.74, 6) is 0. The number of sulfonamides is 1. The zero-order valence-electron chi connectivity index (χ0n) is 16.7. The zero-order valence-corrected chi connectivity index (χ0v) is 17.5. The molecule has 0 aliphatic carbocycles. The average molecular weight is 412 g/mol. The van der Waals surface area contributed by atoms with Crippen LogP contribution in [0.3, 0.4) is 0 Å². The Morgan fingerprint density at radius 3 is 2.48 bits per heavy atom. The second-order valence-corrected chi connectivity index (χ2v) is 9.00. The molecule has 7 nitrogen and oxygen atoms in total. The van der Waals surface area contributed by atoms with Gasteiger partial charge >= 0.3 is 0 Å². The van der Waals surface area contributed by atoms with Crippen LogP contribution in [0.4, 0.5) is 5.69 Å². The molecule has 0 saturated heterocycles. The predicted molar refractivity (Wildman–Crippen MR) is 113 cm³/mol. The van der Waals surface area contributed by atoms with Crippen LogP contribution in [0.1, 0.15) is 25.0 Å². The van der Waals surface area contributed by atoms with Crippen LogP contribution in [-0.4, -0.2) is 47.1 Å².